The van der Waals surface area contributed by atoms with Crippen molar-refractivity contribution in [2.75, 3.05) is 25.7 Å². The molecule has 1 fully saturated rings. The molecule has 0 aromatic heterocycles. The third-order valence-corrected chi connectivity index (χ3v) is 3.72. The number of rotatable bonds is 6. The van der Waals surface area contributed by atoms with Crippen molar-refractivity contribution in [2.45, 2.75) is 17.8 Å². The number of hydrogen-bond donors (Lipinski definition) is 0. The lowest BCUT2D eigenvalue weighted by Gasteiger charge is -2.13. The van der Waals surface area contributed by atoms with Crippen molar-refractivity contribution in [3.63, 3.8) is 0 Å². The normalized spacial score (nSPS) is 24.6. The van der Waals surface area contributed by atoms with Gasteiger partial charge in [0.2, 0.25) is 0 Å². The molecule has 0 amide bonds. The van der Waals surface area contributed by atoms with E-state index in [0.29, 0.717) is 30.7 Å². The maximum Gasteiger partial charge on any atom is 0.184 e. The molecule has 2 rings (SSSR count). The van der Waals surface area contributed by atoms with Gasteiger partial charge in [0.15, 0.2) is 6.29 Å². The second kappa shape index (κ2) is 7.67. The highest BCUT2D eigenvalue weighted by Crippen LogP contribution is 2.27. The van der Waals surface area contributed by atoms with Crippen molar-refractivity contribution in [3.05, 3.63) is 34.9 Å². The molecule has 3 nitrogen and oxygen atoms in total. The lowest BCUT2D eigenvalue weighted by atomic mass is 10.2. The third kappa shape index (κ3) is 4.78. The van der Waals surface area contributed by atoms with Crippen molar-refractivity contribution in [3.8, 4) is 0 Å². The number of ether oxygens (including phenoxy) is 3. The average Bonchev–Trinajstić information content (AvgIpc) is 2.88. The van der Waals surface area contributed by atoms with Gasteiger partial charge in [0.1, 0.15) is 6.10 Å². The second-order valence-electron chi connectivity index (χ2n) is 4.26. The van der Waals surface area contributed by atoms with Gasteiger partial charge in [0.05, 0.1) is 25.2 Å². The van der Waals surface area contributed by atoms with Gasteiger partial charge < -0.3 is 14.2 Å². The predicted octanol–water partition coefficient (Wildman–Crippen LogP) is 3.62. The van der Waals surface area contributed by atoms with E-state index >= 15 is 0 Å². The molecule has 1 heterocycles. The fourth-order valence-electron chi connectivity index (χ4n) is 1.70. The molecule has 1 aliphatic rings. The molecular weight excluding hydrogens is 310 g/mol. The van der Waals surface area contributed by atoms with Crippen LogP contribution in [-0.4, -0.2) is 37.2 Å². The first kappa shape index (κ1) is 15.4. The Balaban J connectivity index is 1.75. The molecule has 1 aromatic rings. The summed E-state index contributed by atoms with van der Waals surface area (Å²) >= 11 is 17.3. The molecule has 1 aromatic carbocycles. The summed E-state index contributed by atoms with van der Waals surface area (Å²) in [6.45, 7) is 1.36. The summed E-state index contributed by atoms with van der Waals surface area (Å²) in [5.74, 6) is 0.372. The third-order valence-electron chi connectivity index (χ3n) is 2.66. The Kier molecular flexibility index (Phi) is 6.20. The Morgan fingerprint density at radius 1 is 1.32 bits per heavy atom. The maximum absolute atomic E-state index is 5.85. The summed E-state index contributed by atoms with van der Waals surface area (Å²) in [4.78, 5) is 0. The minimum atomic E-state index is -0.356. The van der Waals surface area contributed by atoms with E-state index in [9.17, 15) is 0 Å². The quantitative estimate of drug-likeness (QED) is 0.748. The Morgan fingerprint density at radius 2 is 2.05 bits per heavy atom. The minimum Gasteiger partial charge on any atom is -0.377 e. The zero-order chi connectivity index (χ0) is 13.7. The Labute approximate surface area is 127 Å². The number of benzene rings is 1. The highest BCUT2D eigenvalue weighted by Gasteiger charge is 2.27. The highest BCUT2D eigenvalue weighted by atomic mass is 35.5. The van der Waals surface area contributed by atoms with E-state index in [4.69, 9.17) is 49.0 Å². The van der Waals surface area contributed by atoms with Crippen molar-refractivity contribution in [1.29, 1.82) is 0 Å². The first-order chi connectivity index (χ1) is 9.19. The molecule has 3 atom stereocenters. The molecule has 0 N–H and O–H groups in total. The van der Waals surface area contributed by atoms with Crippen molar-refractivity contribution in [1.82, 2.24) is 0 Å². The van der Waals surface area contributed by atoms with Crippen LogP contribution in [-0.2, 0) is 14.2 Å². The van der Waals surface area contributed by atoms with Crippen molar-refractivity contribution >= 4 is 34.8 Å². The van der Waals surface area contributed by atoms with Crippen LogP contribution in [0.25, 0.3) is 0 Å². The van der Waals surface area contributed by atoms with Gasteiger partial charge in [0.25, 0.3) is 0 Å². The van der Waals surface area contributed by atoms with E-state index in [2.05, 4.69) is 0 Å². The molecule has 0 radical (unpaired) electrons. The largest absolute Gasteiger partial charge is 0.377 e. The highest BCUT2D eigenvalue weighted by molar-refractivity contribution is 6.30. The molecule has 1 saturated heterocycles. The Morgan fingerprint density at radius 3 is 2.74 bits per heavy atom. The van der Waals surface area contributed by atoms with E-state index in [1.165, 1.54) is 0 Å². The first-order valence-corrected chi connectivity index (χ1v) is 7.34. The zero-order valence-corrected chi connectivity index (χ0v) is 12.5. The van der Waals surface area contributed by atoms with Crippen LogP contribution in [0, 0.1) is 0 Å². The van der Waals surface area contributed by atoms with Crippen LogP contribution in [0.3, 0.4) is 0 Å². The summed E-state index contributed by atoms with van der Waals surface area (Å²) in [7, 11) is 0. The summed E-state index contributed by atoms with van der Waals surface area (Å²) in [5, 5.41) is 0.520. The lowest BCUT2D eigenvalue weighted by Crippen LogP contribution is -2.21. The Bertz CT molecular complexity index is 385. The molecule has 1 aliphatic heterocycles. The Hall–Kier alpha value is -0.0300. The molecule has 19 heavy (non-hydrogen) atoms. The van der Waals surface area contributed by atoms with E-state index in [0.717, 1.165) is 5.56 Å². The molecule has 106 valence electrons. The standard InChI is InChI=1S/C13H15Cl3O3/c14-5-11(16)6-17-7-12-8-18-13(19-12)9-1-3-10(15)4-2-9/h1-4,11-13H,5-8H2/t11-,12-,13+/m1/s1. The van der Waals surface area contributed by atoms with Crippen LogP contribution in [0.15, 0.2) is 24.3 Å². The average molecular weight is 326 g/mol. The summed E-state index contributed by atoms with van der Waals surface area (Å²) in [6, 6.07) is 7.40. The molecule has 0 spiro atoms. The topological polar surface area (TPSA) is 27.7 Å². The van der Waals surface area contributed by atoms with Crippen LogP contribution in [0.4, 0.5) is 0 Å². The van der Waals surface area contributed by atoms with Crippen LogP contribution in [0.2, 0.25) is 5.02 Å². The molecule has 0 saturated carbocycles. The summed E-state index contributed by atoms with van der Waals surface area (Å²) in [6.07, 6.45) is -0.439. The van der Waals surface area contributed by atoms with E-state index < -0.39 is 0 Å². The fraction of sp³-hybridized carbons (Fsp3) is 0.538. The van der Waals surface area contributed by atoms with Gasteiger partial charge >= 0.3 is 0 Å². The van der Waals surface area contributed by atoms with Gasteiger partial charge in [0, 0.05) is 16.5 Å². The second-order valence-corrected chi connectivity index (χ2v) is 5.63. The number of halogens is 3. The van der Waals surface area contributed by atoms with Gasteiger partial charge in [-0.1, -0.05) is 23.7 Å². The van der Waals surface area contributed by atoms with E-state index in [1.807, 2.05) is 24.3 Å². The SMILES string of the molecule is ClC[C@@H](Cl)COC[C@@H]1CO[C@H](c2ccc(Cl)cc2)O1. The molecule has 0 unspecified atom stereocenters. The summed E-state index contributed by atoms with van der Waals surface area (Å²) < 4.78 is 16.7. The summed E-state index contributed by atoms with van der Waals surface area (Å²) in [5.41, 5.74) is 0.947. The van der Waals surface area contributed by atoms with Crippen LogP contribution < -0.4 is 0 Å². The lowest BCUT2D eigenvalue weighted by molar-refractivity contribution is -0.0735. The van der Waals surface area contributed by atoms with Gasteiger partial charge in [-0.05, 0) is 12.1 Å². The van der Waals surface area contributed by atoms with Gasteiger partial charge in [-0.15, -0.1) is 23.2 Å². The predicted molar refractivity (Wildman–Crippen MR) is 76.2 cm³/mol. The number of alkyl halides is 2. The van der Waals surface area contributed by atoms with Crippen molar-refractivity contribution in [2.24, 2.45) is 0 Å². The van der Waals surface area contributed by atoms with Gasteiger partial charge in [-0.3, -0.25) is 0 Å². The number of hydrogen-bond acceptors (Lipinski definition) is 3. The monoisotopic (exact) mass is 324 g/mol. The molecule has 6 heteroatoms. The van der Waals surface area contributed by atoms with Gasteiger partial charge in [-0.25, -0.2) is 0 Å². The van der Waals surface area contributed by atoms with Crippen molar-refractivity contribution < 1.29 is 14.2 Å². The van der Waals surface area contributed by atoms with E-state index in [-0.39, 0.29) is 17.8 Å². The van der Waals surface area contributed by atoms with Crippen LogP contribution in [0.5, 0.6) is 0 Å². The molecule has 0 aliphatic carbocycles. The smallest absolute Gasteiger partial charge is 0.184 e. The van der Waals surface area contributed by atoms with E-state index in [1.54, 1.807) is 0 Å². The van der Waals surface area contributed by atoms with Crippen LogP contribution in [0.1, 0.15) is 11.9 Å². The zero-order valence-electron chi connectivity index (χ0n) is 10.2. The minimum absolute atomic E-state index is 0.0835. The van der Waals surface area contributed by atoms with Crippen LogP contribution >= 0.6 is 34.8 Å². The molecular formula is C13H15Cl3O3. The molecule has 0 bridgehead atoms. The first-order valence-electron chi connectivity index (χ1n) is 5.99. The maximum atomic E-state index is 5.85. The van der Waals surface area contributed by atoms with Gasteiger partial charge in [-0.2, -0.15) is 0 Å². The fourth-order valence-corrected chi connectivity index (χ4v) is 2.01.